The van der Waals surface area contributed by atoms with E-state index in [1.807, 2.05) is 6.07 Å². The van der Waals surface area contributed by atoms with Crippen molar-refractivity contribution in [3.8, 4) is 78.4 Å². The lowest BCUT2D eigenvalue weighted by molar-refractivity contribution is 0.666. The number of hydrogen-bond donors (Lipinski definition) is 0. The van der Waals surface area contributed by atoms with Gasteiger partial charge in [0.05, 0.1) is 11.4 Å². The molecule has 0 radical (unpaired) electrons. The van der Waals surface area contributed by atoms with Crippen LogP contribution in [0.5, 0.6) is 0 Å². The molecule has 0 fully saturated rings. The Morgan fingerprint density at radius 2 is 0.847 bits per heavy atom. The number of benzene rings is 9. The predicted octanol–water partition coefficient (Wildman–Crippen LogP) is 15.1. The van der Waals surface area contributed by atoms with Crippen molar-refractivity contribution < 1.29 is 0 Å². The van der Waals surface area contributed by atoms with Crippen LogP contribution in [0.1, 0.15) is 25.0 Å². The minimum atomic E-state index is -0.0958. The Labute approximate surface area is 345 Å². The third-order valence-electron chi connectivity index (χ3n) is 12.3. The summed E-state index contributed by atoms with van der Waals surface area (Å²) in [5.41, 5.74) is 17.4. The SMILES string of the molecule is CC1(C)c2ccc(-c3ccc(-c4cc(-c5ccccc5-c5ccc(-c6ccccc6)cc5)nc(-c5ccccc5)n4)c4ccccc34)cc2-c2ccc3ccccc3c21. The van der Waals surface area contributed by atoms with Crippen LogP contribution in [0.2, 0.25) is 0 Å². The Morgan fingerprint density at radius 1 is 0.322 bits per heavy atom. The van der Waals surface area contributed by atoms with E-state index in [1.54, 1.807) is 0 Å². The first-order chi connectivity index (χ1) is 29.0. The van der Waals surface area contributed by atoms with Crippen LogP contribution >= 0.6 is 0 Å². The highest BCUT2D eigenvalue weighted by Crippen LogP contribution is 2.52. The lowest BCUT2D eigenvalue weighted by Crippen LogP contribution is -2.15. The molecule has 0 saturated heterocycles. The molecule has 1 aromatic heterocycles. The molecule has 1 aliphatic carbocycles. The van der Waals surface area contributed by atoms with Gasteiger partial charge in [-0.25, -0.2) is 9.97 Å². The van der Waals surface area contributed by atoms with Crippen molar-refractivity contribution in [2.75, 3.05) is 0 Å². The Morgan fingerprint density at radius 3 is 1.59 bits per heavy atom. The summed E-state index contributed by atoms with van der Waals surface area (Å²) < 4.78 is 0. The van der Waals surface area contributed by atoms with Crippen LogP contribution in [0.25, 0.3) is 100.0 Å². The van der Waals surface area contributed by atoms with E-state index in [1.165, 1.54) is 60.7 Å². The Hall–Kier alpha value is -7.42. The maximum atomic E-state index is 5.30. The Kier molecular flexibility index (Phi) is 8.20. The van der Waals surface area contributed by atoms with Gasteiger partial charge in [-0.3, -0.25) is 0 Å². The van der Waals surface area contributed by atoms with E-state index in [2.05, 4.69) is 214 Å². The molecule has 0 atom stereocenters. The first-order valence-corrected chi connectivity index (χ1v) is 20.4. The molecule has 0 aliphatic heterocycles. The molecule has 10 aromatic rings. The molecule has 1 aliphatic rings. The fourth-order valence-electron chi connectivity index (χ4n) is 9.43. The second-order valence-corrected chi connectivity index (χ2v) is 16.1. The number of nitrogens with zero attached hydrogens (tertiary/aromatic N) is 2. The minimum absolute atomic E-state index is 0.0958. The van der Waals surface area contributed by atoms with Gasteiger partial charge in [-0.05, 0) is 89.3 Å². The summed E-state index contributed by atoms with van der Waals surface area (Å²) in [5, 5.41) is 4.98. The fourth-order valence-corrected chi connectivity index (χ4v) is 9.43. The quantitative estimate of drug-likeness (QED) is 0.169. The van der Waals surface area contributed by atoms with Gasteiger partial charge in [0.2, 0.25) is 0 Å². The van der Waals surface area contributed by atoms with Gasteiger partial charge in [0, 0.05) is 22.1 Å². The summed E-state index contributed by atoms with van der Waals surface area (Å²) in [7, 11) is 0. The molecule has 11 rings (SSSR count). The molecule has 0 amide bonds. The molecule has 9 aromatic carbocycles. The maximum absolute atomic E-state index is 5.30. The van der Waals surface area contributed by atoms with Crippen LogP contribution in [-0.2, 0) is 5.41 Å². The van der Waals surface area contributed by atoms with Crippen molar-refractivity contribution in [1.82, 2.24) is 9.97 Å². The van der Waals surface area contributed by atoms with Crippen molar-refractivity contribution in [1.29, 1.82) is 0 Å². The molecule has 0 saturated carbocycles. The standard InChI is InChI=1S/C57H40N2/c1-57(2)52-34-30-42(35-51(52)50-31-29-39-17-9-10-21-45(39)55(50)57)44-32-33-49(47-23-13-12-22-46(44)47)54-36-53(58-56(59-54)41-18-7-4-8-19-41)48-24-14-11-20-43(48)40-27-25-38(26-28-40)37-15-5-3-6-16-37/h3-36H,1-2H3. The predicted molar refractivity (Wildman–Crippen MR) is 247 cm³/mol. The Balaban J connectivity index is 1.05. The summed E-state index contributed by atoms with van der Waals surface area (Å²) in [4.78, 5) is 10.6. The van der Waals surface area contributed by atoms with Crippen LogP contribution in [0.15, 0.2) is 206 Å². The third-order valence-corrected chi connectivity index (χ3v) is 12.3. The zero-order valence-corrected chi connectivity index (χ0v) is 33.0. The average molecular weight is 753 g/mol. The van der Waals surface area contributed by atoms with Crippen LogP contribution in [0.3, 0.4) is 0 Å². The molecule has 2 nitrogen and oxygen atoms in total. The maximum Gasteiger partial charge on any atom is 0.160 e. The summed E-state index contributed by atoms with van der Waals surface area (Å²) >= 11 is 0. The van der Waals surface area contributed by atoms with Crippen LogP contribution in [-0.4, -0.2) is 9.97 Å². The van der Waals surface area contributed by atoms with Crippen LogP contribution in [0.4, 0.5) is 0 Å². The van der Waals surface area contributed by atoms with Crippen LogP contribution < -0.4 is 0 Å². The number of rotatable bonds is 6. The second-order valence-electron chi connectivity index (χ2n) is 16.1. The molecule has 59 heavy (non-hydrogen) atoms. The van der Waals surface area contributed by atoms with E-state index >= 15 is 0 Å². The van der Waals surface area contributed by atoms with Gasteiger partial charge < -0.3 is 0 Å². The monoisotopic (exact) mass is 752 g/mol. The number of fused-ring (bicyclic) bond motifs is 6. The molecule has 1 heterocycles. The lowest BCUT2D eigenvalue weighted by atomic mass is 9.80. The van der Waals surface area contributed by atoms with Gasteiger partial charge in [-0.2, -0.15) is 0 Å². The van der Waals surface area contributed by atoms with Gasteiger partial charge in [0.15, 0.2) is 5.82 Å². The van der Waals surface area contributed by atoms with Gasteiger partial charge in [-0.15, -0.1) is 0 Å². The lowest BCUT2D eigenvalue weighted by Gasteiger charge is -2.23. The fraction of sp³-hybridized carbons (Fsp3) is 0.0526. The minimum Gasteiger partial charge on any atom is -0.228 e. The van der Waals surface area contributed by atoms with Crippen molar-refractivity contribution in [3.05, 3.63) is 217 Å². The molecule has 0 spiro atoms. The first kappa shape index (κ1) is 34.8. The molecule has 0 bridgehead atoms. The van der Waals surface area contributed by atoms with Gasteiger partial charge >= 0.3 is 0 Å². The largest absolute Gasteiger partial charge is 0.228 e. The molecule has 0 unspecified atom stereocenters. The van der Waals surface area contributed by atoms with E-state index < -0.39 is 0 Å². The van der Waals surface area contributed by atoms with E-state index in [9.17, 15) is 0 Å². The molecule has 0 N–H and O–H groups in total. The van der Waals surface area contributed by atoms with Gasteiger partial charge in [-0.1, -0.05) is 208 Å². The average Bonchev–Trinajstić information content (AvgIpc) is 3.54. The van der Waals surface area contributed by atoms with E-state index in [-0.39, 0.29) is 5.41 Å². The highest BCUT2D eigenvalue weighted by atomic mass is 14.9. The summed E-state index contributed by atoms with van der Waals surface area (Å²) in [5.74, 6) is 0.702. The Bertz CT molecular complexity index is 3220. The van der Waals surface area contributed by atoms with Crippen molar-refractivity contribution in [3.63, 3.8) is 0 Å². The van der Waals surface area contributed by atoms with Gasteiger partial charge in [0.1, 0.15) is 0 Å². The third kappa shape index (κ3) is 5.87. The number of hydrogen-bond acceptors (Lipinski definition) is 2. The zero-order valence-electron chi connectivity index (χ0n) is 33.0. The van der Waals surface area contributed by atoms with E-state index in [0.29, 0.717) is 5.82 Å². The van der Waals surface area contributed by atoms with Crippen molar-refractivity contribution in [2.24, 2.45) is 0 Å². The topological polar surface area (TPSA) is 25.8 Å². The smallest absolute Gasteiger partial charge is 0.160 e. The molecular formula is C57H40N2. The zero-order chi connectivity index (χ0) is 39.5. The van der Waals surface area contributed by atoms with Crippen molar-refractivity contribution in [2.45, 2.75) is 19.3 Å². The van der Waals surface area contributed by atoms with Crippen molar-refractivity contribution >= 4 is 21.5 Å². The van der Waals surface area contributed by atoms with E-state index in [4.69, 9.17) is 9.97 Å². The summed E-state index contributed by atoms with van der Waals surface area (Å²) in [6.07, 6.45) is 0. The molecule has 2 heteroatoms. The molecule has 278 valence electrons. The normalized spacial score (nSPS) is 12.7. The summed E-state index contributed by atoms with van der Waals surface area (Å²) in [6, 6.07) is 74.2. The summed E-state index contributed by atoms with van der Waals surface area (Å²) in [6.45, 7) is 4.74. The van der Waals surface area contributed by atoms with Crippen LogP contribution in [0, 0.1) is 0 Å². The van der Waals surface area contributed by atoms with Gasteiger partial charge in [0.25, 0.3) is 0 Å². The molecular weight excluding hydrogens is 713 g/mol. The van der Waals surface area contributed by atoms with E-state index in [0.717, 1.165) is 44.6 Å². The number of aromatic nitrogens is 2. The highest BCUT2D eigenvalue weighted by Gasteiger charge is 2.37. The highest BCUT2D eigenvalue weighted by molar-refractivity contribution is 6.06. The second kappa shape index (κ2) is 13.9. The first-order valence-electron chi connectivity index (χ1n) is 20.4.